The van der Waals surface area contributed by atoms with Crippen molar-refractivity contribution in [2.24, 2.45) is 5.18 Å². The SMILES string of the molecule is CC.CCNC(=O)Nc1cccc2c1CC(N=O)CC2. The van der Waals surface area contributed by atoms with Crippen molar-refractivity contribution in [3.63, 3.8) is 0 Å². The van der Waals surface area contributed by atoms with Crippen LogP contribution >= 0.6 is 0 Å². The van der Waals surface area contributed by atoms with Gasteiger partial charge in [0, 0.05) is 18.7 Å². The third kappa shape index (κ3) is 4.05. The molecule has 0 heterocycles. The second-order valence-electron chi connectivity index (χ2n) is 4.43. The van der Waals surface area contributed by atoms with Crippen LogP contribution in [0, 0.1) is 4.91 Å². The summed E-state index contributed by atoms with van der Waals surface area (Å²) in [4.78, 5) is 22.2. The zero-order chi connectivity index (χ0) is 15.0. The number of hydrogen-bond acceptors (Lipinski definition) is 3. The van der Waals surface area contributed by atoms with Gasteiger partial charge >= 0.3 is 6.03 Å². The van der Waals surface area contributed by atoms with Crippen LogP contribution in [0.4, 0.5) is 10.5 Å². The van der Waals surface area contributed by atoms with Crippen LogP contribution in [0.15, 0.2) is 23.4 Å². The Morgan fingerprint density at radius 1 is 1.40 bits per heavy atom. The number of hydrogen-bond donors (Lipinski definition) is 2. The molecule has 0 saturated carbocycles. The van der Waals surface area contributed by atoms with Gasteiger partial charge in [-0.25, -0.2) is 4.79 Å². The first-order valence-corrected chi connectivity index (χ1v) is 7.22. The molecule has 5 heteroatoms. The largest absolute Gasteiger partial charge is 0.338 e. The average molecular weight is 277 g/mol. The van der Waals surface area contributed by atoms with Crippen LogP contribution in [-0.2, 0) is 12.8 Å². The van der Waals surface area contributed by atoms with E-state index in [1.54, 1.807) is 0 Å². The van der Waals surface area contributed by atoms with Gasteiger partial charge < -0.3 is 10.6 Å². The number of carbonyl (C=O) groups excluding carboxylic acids is 1. The Hall–Kier alpha value is -1.91. The standard InChI is InChI=1S/C13H17N3O2.C2H6/c1-2-14-13(17)15-12-5-3-4-9-6-7-10(16-18)8-11(9)12;1-2/h3-5,10H,2,6-8H2,1H3,(H2,14,15,17);1-2H3. The molecule has 110 valence electrons. The van der Waals surface area contributed by atoms with Gasteiger partial charge in [0.25, 0.3) is 0 Å². The molecule has 0 fully saturated rings. The van der Waals surface area contributed by atoms with Crippen molar-refractivity contribution in [1.82, 2.24) is 5.32 Å². The van der Waals surface area contributed by atoms with Crippen LogP contribution in [0.1, 0.15) is 38.3 Å². The van der Waals surface area contributed by atoms with Crippen molar-refractivity contribution in [2.75, 3.05) is 11.9 Å². The highest BCUT2D eigenvalue weighted by Crippen LogP contribution is 2.29. The Labute approximate surface area is 120 Å². The van der Waals surface area contributed by atoms with Gasteiger partial charge in [-0.3, -0.25) is 0 Å². The molecule has 0 bridgehead atoms. The molecule has 1 atom stereocenters. The summed E-state index contributed by atoms with van der Waals surface area (Å²) in [5, 5.41) is 8.64. The minimum absolute atomic E-state index is 0.172. The number of anilines is 1. The van der Waals surface area contributed by atoms with Gasteiger partial charge in [-0.2, -0.15) is 4.91 Å². The molecular weight excluding hydrogens is 254 g/mol. The number of amides is 2. The fraction of sp³-hybridized carbons (Fsp3) is 0.533. The monoisotopic (exact) mass is 277 g/mol. The maximum atomic E-state index is 11.5. The number of nitroso groups, excluding NO2 is 1. The van der Waals surface area contributed by atoms with Crippen molar-refractivity contribution in [3.05, 3.63) is 34.2 Å². The molecular formula is C15H23N3O2. The topological polar surface area (TPSA) is 70.6 Å². The lowest BCUT2D eigenvalue weighted by atomic mass is 9.87. The first kappa shape index (κ1) is 16.1. The molecule has 1 unspecified atom stereocenters. The summed E-state index contributed by atoms with van der Waals surface area (Å²) in [7, 11) is 0. The van der Waals surface area contributed by atoms with E-state index in [9.17, 15) is 9.70 Å². The number of nitrogens with zero attached hydrogens (tertiary/aromatic N) is 1. The van der Waals surface area contributed by atoms with E-state index in [0.29, 0.717) is 13.0 Å². The van der Waals surface area contributed by atoms with Gasteiger partial charge in [0.2, 0.25) is 0 Å². The van der Waals surface area contributed by atoms with Crippen LogP contribution in [0.5, 0.6) is 0 Å². The Morgan fingerprint density at radius 3 is 2.80 bits per heavy atom. The first-order valence-electron chi connectivity index (χ1n) is 7.22. The summed E-state index contributed by atoms with van der Waals surface area (Å²) in [5.74, 6) is 0. The molecule has 1 aromatic carbocycles. The fourth-order valence-electron chi connectivity index (χ4n) is 2.30. The van der Waals surface area contributed by atoms with E-state index in [0.717, 1.165) is 24.1 Å². The molecule has 5 nitrogen and oxygen atoms in total. The van der Waals surface area contributed by atoms with Crippen molar-refractivity contribution in [3.8, 4) is 0 Å². The van der Waals surface area contributed by atoms with E-state index < -0.39 is 0 Å². The number of aryl methyl sites for hydroxylation is 1. The summed E-state index contributed by atoms with van der Waals surface area (Å²) in [6.07, 6.45) is 2.25. The van der Waals surface area contributed by atoms with Crippen molar-refractivity contribution in [1.29, 1.82) is 0 Å². The fourth-order valence-corrected chi connectivity index (χ4v) is 2.30. The van der Waals surface area contributed by atoms with Crippen LogP contribution < -0.4 is 10.6 Å². The summed E-state index contributed by atoms with van der Waals surface area (Å²) in [6, 6.07) is 5.44. The number of benzene rings is 1. The third-order valence-corrected chi connectivity index (χ3v) is 3.19. The van der Waals surface area contributed by atoms with Gasteiger partial charge in [0.15, 0.2) is 0 Å². The summed E-state index contributed by atoms with van der Waals surface area (Å²) < 4.78 is 0. The highest BCUT2D eigenvalue weighted by atomic mass is 16.3. The molecule has 0 saturated heterocycles. The number of fused-ring (bicyclic) bond motifs is 1. The third-order valence-electron chi connectivity index (χ3n) is 3.19. The predicted molar refractivity (Wildman–Crippen MR) is 82.1 cm³/mol. The second-order valence-corrected chi connectivity index (χ2v) is 4.43. The number of nitrogens with one attached hydrogen (secondary N) is 2. The highest BCUT2D eigenvalue weighted by molar-refractivity contribution is 5.90. The average Bonchev–Trinajstić information content (AvgIpc) is 2.49. The molecule has 0 aliphatic heterocycles. The quantitative estimate of drug-likeness (QED) is 0.830. The minimum atomic E-state index is -0.216. The van der Waals surface area contributed by atoms with Crippen LogP contribution in [0.3, 0.4) is 0 Å². The normalized spacial score (nSPS) is 16.2. The zero-order valence-corrected chi connectivity index (χ0v) is 12.4. The van der Waals surface area contributed by atoms with Gasteiger partial charge in [-0.15, -0.1) is 0 Å². The van der Waals surface area contributed by atoms with E-state index >= 15 is 0 Å². The molecule has 1 aliphatic carbocycles. The van der Waals surface area contributed by atoms with E-state index in [2.05, 4.69) is 15.8 Å². The van der Waals surface area contributed by atoms with Crippen molar-refractivity contribution < 1.29 is 4.79 Å². The van der Waals surface area contributed by atoms with Gasteiger partial charge in [0.05, 0.1) is 6.04 Å². The smallest absolute Gasteiger partial charge is 0.319 e. The van der Waals surface area contributed by atoms with Crippen LogP contribution in [-0.4, -0.2) is 18.6 Å². The zero-order valence-electron chi connectivity index (χ0n) is 12.4. The molecule has 1 aliphatic rings. The molecule has 0 spiro atoms. The summed E-state index contributed by atoms with van der Waals surface area (Å²) >= 11 is 0. The van der Waals surface area contributed by atoms with Gasteiger partial charge in [-0.05, 0) is 37.0 Å². The number of urea groups is 1. The van der Waals surface area contributed by atoms with Crippen LogP contribution in [0.2, 0.25) is 0 Å². The Bertz CT molecular complexity index is 460. The lowest BCUT2D eigenvalue weighted by Crippen LogP contribution is -2.29. The maximum Gasteiger partial charge on any atom is 0.319 e. The molecule has 2 N–H and O–H groups in total. The number of rotatable bonds is 3. The van der Waals surface area contributed by atoms with Crippen molar-refractivity contribution >= 4 is 11.7 Å². The lowest BCUT2D eigenvalue weighted by molar-refractivity contribution is 0.252. The molecule has 0 radical (unpaired) electrons. The predicted octanol–water partition coefficient (Wildman–Crippen LogP) is 3.48. The Morgan fingerprint density at radius 2 is 2.15 bits per heavy atom. The van der Waals surface area contributed by atoms with Crippen LogP contribution in [0.25, 0.3) is 0 Å². The second kappa shape index (κ2) is 8.30. The van der Waals surface area contributed by atoms with E-state index in [1.165, 1.54) is 5.56 Å². The van der Waals surface area contributed by atoms with E-state index in [1.807, 2.05) is 39.0 Å². The highest BCUT2D eigenvalue weighted by Gasteiger charge is 2.21. The summed E-state index contributed by atoms with van der Waals surface area (Å²) in [6.45, 7) is 6.45. The molecule has 20 heavy (non-hydrogen) atoms. The number of carbonyl (C=O) groups is 1. The van der Waals surface area contributed by atoms with E-state index in [-0.39, 0.29) is 12.1 Å². The maximum absolute atomic E-state index is 11.5. The Kier molecular flexibility index (Phi) is 6.70. The molecule has 2 amide bonds. The van der Waals surface area contributed by atoms with E-state index in [4.69, 9.17) is 0 Å². The van der Waals surface area contributed by atoms with Crippen molar-refractivity contribution in [2.45, 2.75) is 46.1 Å². The lowest BCUT2D eigenvalue weighted by Gasteiger charge is -2.22. The molecule has 1 aromatic rings. The van der Waals surface area contributed by atoms with Gasteiger partial charge in [0.1, 0.15) is 0 Å². The van der Waals surface area contributed by atoms with Gasteiger partial charge in [-0.1, -0.05) is 31.2 Å². The summed E-state index contributed by atoms with van der Waals surface area (Å²) in [5.41, 5.74) is 3.02. The Balaban J connectivity index is 0.000000956. The molecule has 2 rings (SSSR count). The minimum Gasteiger partial charge on any atom is -0.338 e. The first-order chi connectivity index (χ1) is 9.74. The molecule has 0 aromatic heterocycles.